The third-order valence-electron chi connectivity index (χ3n) is 2.36. The fourth-order valence-electron chi connectivity index (χ4n) is 1.59. The van der Waals surface area contributed by atoms with Crippen LogP contribution in [0.25, 0.3) is 11.0 Å². The van der Waals surface area contributed by atoms with Crippen LogP contribution in [-0.2, 0) is 0 Å². The Morgan fingerprint density at radius 2 is 2.18 bits per heavy atom. The van der Waals surface area contributed by atoms with E-state index in [0.29, 0.717) is 24.4 Å². The minimum atomic E-state index is 0.215. The SMILES string of the molecule is C#CCCCOc1c(C#N)oc2ccccc12. The van der Waals surface area contributed by atoms with Gasteiger partial charge in [0.15, 0.2) is 5.75 Å². The van der Waals surface area contributed by atoms with Crippen molar-refractivity contribution in [3.05, 3.63) is 30.0 Å². The number of benzene rings is 1. The van der Waals surface area contributed by atoms with Crippen molar-refractivity contribution in [2.75, 3.05) is 6.61 Å². The molecule has 2 aromatic rings. The van der Waals surface area contributed by atoms with Crippen LogP contribution in [0.5, 0.6) is 5.75 Å². The van der Waals surface area contributed by atoms with Crippen LogP contribution in [-0.4, -0.2) is 6.61 Å². The number of fused-ring (bicyclic) bond motifs is 1. The predicted octanol–water partition coefficient (Wildman–Crippen LogP) is 3.10. The van der Waals surface area contributed by atoms with Gasteiger partial charge in [0.05, 0.1) is 12.0 Å². The van der Waals surface area contributed by atoms with E-state index in [-0.39, 0.29) is 5.76 Å². The fourth-order valence-corrected chi connectivity index (χ4v) is 1.59. The van der Waals surface area contributed by atoms with Crippen molar-refractivity contribution in [1.29, 1.82) is 5.26 Å². The number of para-hydroxylation sites is 1. The number of nitriles is 1. The molecule has 0 saturated carbocycles. The molecule has 0 bridgehead atoms. The predicted molar refractivity (Wildman–Crippen MR) is 64.5 cm³/mol. The minimum Gasteiger partial charge on any atom is -0.488 e. The number of hydrogen-bond donors (Lipinski definition) is 0. The second-order valence-corrected chi connectivity index (χ2v) is 3.52. The summed E-state index contributed by atoms with van der Waals surface area (Å²) in [6, 6.07) is 9.41. The van der Waals surface area contributed by atoms with E-state index in [4.69, 9.17) is 20.8 Å². The first-order valence-electron chi connectivity index (χ1n) is 5.34. The maximum absolute atomic E-state index is 8.97. The lowest BCUT2D eigenvalue weighted by Crippen LogP contribution is -1.97. The Morgan fingerprint density at radius 1 is 1.35 bits per heavy atom. The molecule has 0 aliphatic rings. The normalized spacial score (nSPS) is 9.76. The van der Waals surface area contributed by atoms with Crippen LogP contribution in [0.4, 0.5) is 0 Å². The van der Waals surface area contributed by atoms with E-state index in [0.717, 1.165) is 11.8 Å². The highest BCUT2D eigenvalue weighted by molar-refractivity contribution is 5.86. The van der Waals surface area contributed by atoms with E-state index >= 15 is 0 Å². The summed E-state index contributed by atoms with van der Waals surface area (Å²) in [4.78, 5) is 0. The highest BCUT2D eigenvalue weighted by Crippen LogP contribution is 2.32. The molecule has 0 fully saturated rings. The summed E-state index contributed by atoms with van der Waals surface area (Å²) in [6.45, 7) is 0.488. The van der Waals surface area contributed by atoms with E-state index < -0.39 is 0 Å². The Balaban J connectivity index is 2.26. The number of ether oxygens (including phenoxy) is 1. The van der Waals surface area contributed by atoms with Gasteiger partial charge in [-0.3, -0.25) is 0 Å². The molecule has 0 spiro atoms. The Labute approximate surface area is 99.6 Å². The first-order chi connectivity index (χ1) is 8.36. The zero-order valence-corrected chi connectivity index (χ0v) is 9.27. The van der Waals surface area contributed by atoms with Crippen LogP contribution < -0.4 is 4.74 Å². The Kier molecular flexibility index (Phi) is 3.33. The maximum atomic E-state index is 8.97. The Hall–Kier alpha value is -2.39. The van der Waals surface area contributed by atoms with E-state index in [2.05, 4.69) is 5.92 Å². The maximum Gasteiger partial charge on any atom is 0.246 e. The molecule has 0 saturated heterocycles. The largest absolute Gasteiger partial charge is 0.488 e. The molecule has 2 rings (SSSR count). The summed E-state index contributed by atoms with van der Waals surface area (Å²) in [7, 11) is 0. The summed E-state index contributed by atoms with van der Waals surface area (Å²) in [5, 5.41) is 9.79. The van der Waals surface area contributed by atoms with Gasteiger partial charge >= 0.3 is 0 Å². The molecular formula is C14H11NO2. The molecular weight excluding hydrogens is 214 g/mol. The first kappa shape index (κ1) is 11.1. The third-order valence-corrected chi connectivity index (χ3v) is 2.36. The van der Waals surface area contributed by atoms with Crippen LogP contribution in [0.2, 0.25) is 0 Å². The molecule has 3 heteroatoms. The molecule has 0 unspecified atom stereocenters. The summed E-state index contributed by atoms with van der Waals surface area (Å²) in [5.41, 5.74) is 0.663. The van der Waals surface area contributed by atoms with E-state index in [1.165, 1.54) is 0 Å². The van der Waals surface area contributed by atoms with Gasteiger partial charge in [-0.05, 0) is 18.6 Å². The number of unbranched alkanes of at least 4 members (excludes halogenated alkanes) is 1. The lowest BCUT2D eigenvalue weighted by Gasteiger charge is -2.02. The van der Waals surface area contributed by atoms with Gasteiger partial charge in [0.1, 0.15) is 11.7 Å². The molecule has 0 amide bonds. The Morgan fingerprint density at radius 3 is 2.94 bits per heavy atom. The van der Waals surface area contributed by atoms with Crippen molar-refractivity contribution in [2.45, 2.75) is 12.8 Å². The van der Waals surface area contributed by atoms with E-state index in [1.54, 1.807) is 0 Å². The second kappa shape index (κ2) is 5.09. The molecule has 84 valence electrons. The van der Waals surface area contributed by atoms with Gasteiger partial charge in [-0.2, -0.15) is 5.26 Å². The van der Waals surface area contributed by atoms with Crippen molar-refractivity contribution in [3.63, 3.8) is 0 Å². The number of nitrogens with zero attached hydrogens (tertiary/aromatic N) is 1. The van der Waals surface area contributed by atoms with Gasteiger partial charge in [-0.25, -0.2) is 0 Å². The average molecular weight is 225 g/mol. The standard InChI is InChI=1S/C14H11NO2/c1-2-3-6-9-16-14-11-7-4-5-8-12(11)17-13(14)10-15/h1,4-5,7-8H,3,6,9H2. The van der Waals surface area contributed by atoms with Crippen LogP contribution >= 0.6 is 0 Å². The third kappa shape index (κ3) is 2.24. The zero-order valence-electron chi connectivity index (χ0n) is 9.27. The summed E-state index contributed by atoms with van der Waals surface area (Å²) in [6.07, 6.45) is 6.59. The van der Waals surface area contributed by atoms with E-state index in [1.807, 2.05) is 30.3 Å². The fraction of sp³-hybridized carbons (Fsp3) is 0.214. The quantitative estimate of drug-likeness (QED) is 0.593. The molecule has 1 aromatic heterocycles. The molecule has 1 aromatic carbocycles. The summed E-state index contributed by atoms with van der Waals surface area (Å²) >= 11 is 0. The van der Waals surface area contributed by atoms with Crippen molar-refractivity contribution >= 4 is 11.0 Å². The number of furan rings is 1. The zero-order chi connectivity index (χ0) is 12.1. The number of terminal acetylenes is 1. The monoisotopic (exact) mass is 225 g/mol. The molecule has 0 aliphatic heterocycles. The van der Waals surface area contributed by atoms with Crippen LogP contribution in [0, 0.1) is 23.7 Å². The highest BCUT2D eigenvalue weighted by Gasteiger charge is 2.14. The molecule has 0 atom stereocenters. The van der Waals surface area contributed by atoms with Crippen LogP contribution in [0.3, 0.4) is 0 Å². The topological polar surface area (TPSA) is 46.2 Å². The van der Waals surface area contributed by atoms with Crippen molar-refractivity contribution in [2.24, 2.45) is 0 Å². The summed E-state index contributed by atoms with van der Waals surface area (Å²) < 4.78 is 11.0. The lowest BCUT2D eigenvalue weighted by molar-refractivity contribution is 0.310. The average Bonchev–Trinajstić information content (AvgIpc) is 2.73. The molecule has 3 nitrogen and oxygen atoms in total. The highest BCUT2D eigenvalue weighted by atomic mass is 16.5. The number of hydrogen-bond acceptors (Lipinski definition) is 3. The molecule has 1 heterocycles. The van der Waals surface area contributed by atoms with Gasteiger partial charge in [0.2, 0.25) is 5.76 Å². The second-order valence-electron chi connectivity index (χ2n) is 3.52. The van der Waals surface area contributed by atoms with Crippen molar-refractivity contribution in [3.8, 4) is 24.2 Å². The lowest BCUT2D eigenvalue weighted by atomic mass is 10.2. The van der Waals surface area contributed by atoms with Gasteiger partial charge < -0.3 is 9.15 Å². The molecule has 0 N–H and O–H groups in total. The Bertz CT molecular complexity index is 599. The van der Waals surface area contributed by atoms with Crippen LogP contribution in [0.15, 0.2) is 28.7 Å². The van der Waals surface area contributed by atoms with Crippen molar-refractivity contribution in [1.82, 2.24) is 0 Å². The number of rotatable bonds is 4. The van der Waals surface area contributed by atoms with Crippen LogP contribution in [0.1, 0.15) is 18.6 Å². The van der Waals surface area contributed by atoms with E-state index in [9.17, 15) is 0 Å². The molecule has 17 heavy (non-hydrogen) atoms. The van der Waals surface area contributed by atoms with Gasteiger partial charge in [-0.1, -0.05) is 12.1 Å². The summed E-state index contributed by atoms with van der Waals surface area (Å²) in [5.74, 6) is 3.27. The smallest absolute Gasteiger partial charge is 0.246 e. The van der Waals surface area contributed by atoms with Gasteiger partial charge in [0, 0.05) is 6.42 Å². The van der Waals surface area contributed by atoms with Crippen molar-refractivity contribution < 1.29 is 9.15 Å². The first-order valence-corrected chi connectivity index (χ1v) is 5.34. The van der Waals surface area contributed by atoms with Gasteiger partial charge in [0.25, 0.3) is 0 Å². The van der Waals surface area contributed by atoms with Gasteiger partial charge in [-0.15, -0.1) is 12.3 Å². The molecule has 0 aliphatic carbocycles. The minimum absolute atomic E-state index is 0.215. The molecule has 0 radical (unpaired) electrons.